The van der Waals surface area contributed by atoms with Gasteiger partial charge in [0.05, 0.1) is 20.1 Å². The maximum Gasteiger partial charge on any atom is 0.307 e. The molecule has 0 bridgehead atoms. The molecule has 0 aromatic heterocycles. The van der Waals surface area contributed by atoms with Crippen LogP contribution in [0.25, 0.3) is 0 Å². The fraction of sp³-hybridized carbons (Fsp3) is 0.500. The summed E-state index contributed by atoms with van der Waals surface area (Å²) in [4.78, 5) is 25.5. The summed E-state index contributed by atoms with van der Waals surface area (Å²) in [6.45, 7) is 2.71. The first-order chi connectivity index (χ1) is 10.6. The van der Waals surface area contributed by atoms with Crippen LogP contribution in [-0.2, 0) is 9.53 Å². The van der Waals surface area contributed by atoms with Crippen molar-refractivity contribution in [1.82, 2.24) is 4.90 Å². The van der Waals surface area contributed by atoms with Gasteiger partial charge in [0.15, 0.2) is 0 Å². The van der Waals surface area contributed by atoms with Gasteiger partial charge in [0.2, 0.25) is 0 Å². The summed E-state index contributed by atoms with van der Waals surface area (Å²) in [5, 5.41) is 8.95. The largest absolute Gasteiger partial charge is 0.497 e. The number of esters is 1. The maximum atomic E-state index is 12.5. The van der Waals surface area contributed by atoms with Crippen LogP contribution < -0.4 is 4.74 Å². The normalized spacial score (nSPS) is 10.1. The molecule has 1 rings (SSSR count). The van der Waals surface area contributed by atoms with Crippen LogP contribution in [0.1, 0.15) is 30.1 Å². The molecule has 0 fully saturated rings. The van der Waals surface area contributed by atoms with Crippen molar-refractivity contribution < 1.29 is 24.2 Å². The van der Waals surface area contributed by atoms with E-state index in [9.17, 15) is 9.59 Å². The van der Waals surface area contributed by atoms with Gasteiger partial charge in [-0.3, -0.25) is 9.59 Å². The van der Waals surface area contributed by atoms with Crippen LogP contribution in [-0.4, -0.2) is 55.3 Å². The van der Waals surface area contributed by atoms with Gasteiger partial charge in [-0.25, -0.2) is 0 Å². The summed E-state index contributed by atoms with van der Waals surface area (Å²) >= 11 is 0. The number of benzene rings is 1. The lowest BCUT2D eigenvalue weighted by atomic mass is 10.1. The fourth-order valence-electron chi connectivity index (χ4n) is 1.95. The van der Waals surface area contributed by atoms with Gasteiger partial charge in [0.1, 0.15) is 5.75 Å². The van der Waals surface area contributed by atoms with Crippen molar-refractivity contribution in [3.8, 4) is 5.75 Å². The number of hydrogen-bond acceptors (Lipinski definition) is 5. The van der Waals surface area contributed by atoms with Crippen molar-refractivity contribution in [3.63, 3.8) is 0 Å². The third-order valence-electron chi connectivity index (χ3n) is 3.10. The molecule has 0 atom stereocenters. The minimum Gasteiger partial charge on any atom is -0.497 e. The Morgan fingerprint density at radius 1 is 1.18 bits per heavy atom. The van der Waals surface area contributed by atoms with E-state index in [1.54, 1.807) is 43.2 Å². The van der Waals surface area contributed by atoms with Crippen LogP contribution >= 0.6 is 0 Å². The van der Waals surface area contributed by atoms with Gasteiger partial charge in [-0.2, -0.15) is 0 Å². The van der Waals surface area contributed by atoms with E-state index < -0.39 is 0 Å². The lowest BCUT2D eigenvalue weighted by Crippen LogP contribution is -2.34. The SMILES string of the molecule is CCOC(=O)CCN(CCCO)C(=O)c1ccc(OC)cc1. The average molecular weight is 309 g/mol. The molecule has 0 aliphatic rings. The summed E-state index contributed by atoms with van der Waals surface area (Å²) < 4.78 is 9.93. The highest BCUT2D eigenvalue weighted by Gasteiger charge is 2.17. The van der Waals surface area contributed by atoms with Gasteiger partial charge in [-0.05, 0) is 37.6 Å². The highest BCUT2D eigenvalue weighted by molar-refractivity contribution is 5.94. The number of carbonyl (C=O) groups is 2. The highest BCUT2D eigenvalue weighted by atomic mass is 16.5. The van der Waals surface area contributed by atoms with Gasteiger partial charge in [0, 0.05) is 25.3 Å². The number of ether oxygens (including phenoxy) is 2. The molecule has 0 unspecified atom stereocenters. The van der Waals surface area contributed by atoms with Crippen molar-refractivity contribution in [2.75, 3.05) is 33.4 Å². The van der Waals surface area contributed by atoms with Crippen LogP contribution in [0.4, 0.5) is 0 Å². The van der Waals surface area contributed by atoms with E-state index in [4.69, 9.17) is 14.6 Å². The molecule has 6 heteroatoms. The lowest BCUT2D eigenvalue weighted by molar-refractivity contribution is -0.143. The number of methoxy groups -OCH3 is 1. The topological polar surface area (TPSA) is 76.1 Å². The molecule has 0 spiro atoms. The maximum absolute atomic E-state index is 12.5. The van der Waals surface area contributed by atoms with Crippen molar-refractivity contribution in [3.05, 3.63) is 29.8 Å². The molecule has 6 nitrogen and oxygen atoms in total. The van der Waals surface area contributed by atoms with Gasteiger partial charge < -0.3 is 19.5 Å². The zero-order chi connectivity index (χ0) is 16.4. The van der Waals surface area contributed by atoms with E-state index in [1.165, 1.54) is 0 Å². The summed E-state index contributed by atoms with van der Waals surface area (Å²) in [6, 6.07) is 6.78. The van der Waals surface area contributed by atoms with Gasteiger partial charge >= 0.3 is 5.97 Å². The summed E-state index contributed by atoms with van der Waals surface area (Å²) in [5.74, 6) is 0.157. The highest BCUT2D eigenvalue weighted by Crippen LogP contribution is 2.13. The van der Waals surface area contributed by atoms with Crippen LogP contribution in [0.2, 0.25) is 0 Å². The van der Waals surface area contributed by atoms with Crippen molar-refractivity contribution in [2.45, 2.75) is 19.8 Å². The van der Waals surface area contributed by atoms with Crippen LogP contribution in [0, 0.1) is 0 Å². The molecule has 0 saturated carbocycles. The Hall–Kier alpha value is -2.08. The molecule has 122 valence electrons. The molecule has 0 radical (unpaired) electrons. The number of aliphatic hydroxyl groups excluding tert-OH is 1. The number of rotatable bonds is 9. The summed E-state index contributed by atoms with van der Waals surface area (Å²) in [6.07, 6.45) is 0.603. The van der Waals surface area contributed by atoms with Crippen LogP contribution in [0.15, 0.2) is 24.3 Å². The zero-order valence-corrected chi connectivity index (χ0v) is 13.1. The molecule has 22 heavy (non-hydrogen) atoms. The molecule has 1 aromatic carbocycles. The number of nitrogens with zero attached hydrogens (tertiary/aromatic N) is 1. The second-order valence-electron chi connectivity index (χ2n) is 4.65. The minimum absolute atomic E-state index is 0.00814. The number of aliphatic hydroxyl groups is 1. The number of amides is 1. The Morgan fingerprint density at radius 3 is 2.41 bits per heavy atom. The standard InChI is InChI=1S/C16H23NO5/c1-3-22-15(19)9-11-17(10-4-12-18)16(20)13-5-7-14(21-2)8-6-13/h5-8,18H,3-4,9-12H2,1-2H3. The first-order valence-electron chi connectivity index (χ1n) is 7.32. The third kappa shape index (κ3) is 5.73. The van der Waals surface area contributed by atoms with Crippen LogP contribution in [0.3, 0.4) is 0 Å². The smallest absolute Gasteiger partial charge is 0.307 e. The molecule has 1 N–H and O–H groups in total. The van der Waals surface area contributed by atoms with Gasteiger partial charge in [-0.15, -0.1) is 0 Å². The first-order valence-corrected chi connectivity index (χ1v) is 7.32. The third-order valence-corrected chi connectivity index (χ3v) is 3.10. The predicted octanol–water partition coefficient (Wildman–Crippen LogP) is 1.47. The molecule has 0 aliphatic heterocycles. The van der Waals surface area contributed by atoms with Crippen LogP contribution in [0.5, 0.6) is 5.75 Å². The second kappa shape index (κ2) is 9.78. The van der Waals surface area contributed by atoms with E-state index >= 15 is 0 Å². The Kier molecular flexibility index (Phi) is 7.99. The molecule has 1 aromatic rings. The second-order valence-corrected chi connectivity index (χ2v) is 4.65. The fourth-order valence-corrected chi connectivity index (χ4v) is 1.95. The Morgan fingerprint density at radius 2 is 1.86 bits per heavy atom. The van der Waals surface area contributed by atoms with E-state index in [2.05, 4.69) is 0 Å². The van der Waals surface area contributed by atoms with Crippen molar-refractivity contribution in [1.29, 1.82) is 0 Å². The van der Waals surface area contributed by atoms with Crippen molar-refractivity contribution in [2.24, 2.45) is 0 Å². The van der Waals surface area contributed by atoms with Gasteiger partial charge in [0.25, 0.3) is 5.91 Å². The molecule has 0 saturated heterocycles. The van der Waals surface area contributed by atoms with Crippen molar-refractivity contribution >= 4 is 11.9 Å². The predicted molar refractivity (Wildman–Crippen MR) is 81.9 cm³/mol. The Bertz CT molecular complexity index is 472. The Labute approximate surface area is 130 Å². The monoisotopic (exact) mass is 309 g/mol. The first kappa shape index (κ1) is 18.0. The van der Waals surface area contributed by atoms with E-state index in [-0.39, 0.29) is 31.4 Å². The molecular formula is C16H23NO5. The van der Waals surface area contributed by atoms with E-state index in [0.717, 1.165) is 0 Å². The average Bonchev–Trinajstić information content (AvgIpc) is 2.54. The lowest BCUT2D eigenvalue weighted by Gasteiger charge is -2.22. The molecule has 0 heterocycles. The summed E-state index contributed by atoms with van der Waals surface area (Å²) in [7, 11) is 1.56. The van der Waals surface area contributed by atoms with E-state index in [1.807, 2.05) is 0 Å². The zero-order valence-electron chi connectivity index (χ0n) is 13.1. The molecular weight excluding hydrogens is 286 g/mol. The Balaban J connectivity index is 2.71. The number of hydrogen-bond donors (Lipinski definition) is 1. The van der Waals surface area contributed by atoms with E-state index in [0.29, 0.717) is 30.9 Å². The molecule has 0 aliphatic carbocycles. The number of carbonyl (C=O) groups excluding carboxylic acids is 2. The quantitative estimate of drug-likeness (QED) is 0.699. The minimum atomic E-state index is -0.334. The summed E-state index contributed by atoms with van der Waals surface area (Å²) in [5.41, 5.74) is 0.516. The molecule has 1 amide bonds. The van der Waals surface area contributed by atoms with Gasteiger partial charge in [-0.1, -0.05) is 0 Å².